The van der Waals surface area contributed by atoms with Crippen molar-refractivity contribution in [2.75, 3.05) is 14.1 Å². The van der Waals surface area contributed by atoms with Crippen molar-refractivity contribution in [1.82, 2.24) is 14.7 Å². The van der Waals surface area contributed by atoms with E-state index in [-0.39, 0.29) is 11.9 Å². The first-order valence-electron chi connectivity index (χ1n) is 6.66. The van der Waals surface area contributed by atoms with Gasteiger partial charge in [0, 0.05) is 25.9 Å². The Morgan fingerprint density at radius 2 is 1.95 bits per heavy atom. The molecular weight excluding hydrogens is 309 g/mol. The van der Waals surface area contributed by atoms with E-state index in [1.54, 1.807) is 35.9 Å². The number of hydrogen-bond donors (Lipinski definition) is 0. The highest BCUT2D eigenvalue weighted by molar-refractivity contribution is 6.36. The molecule has 0 radical (unpaired) electrons. The summed E-state index contributed by atoms with van der Waals surface area (Å²) in [5.74, 6) is -0.0117. The summed E-state index contributed by atoms with van der Waals surface area (Å²) in [7, 11) is 3.45. The molecule has 0 fully saturated rings. The van der Waals surface area contributed by atoms with E-state index < -0.39 is 0 Å². The van der Waals surface area contributed by atoms with E-state index in [1.807, 2.05) is 25.1 Å². The summed E-state index contributed by atoms with van der Waals surface area (Å²) in [6.07, 6.45) is 2.31. The minimum absolute atomic E-state index is 0.0117. The second kappa shape index (κ2) is 6.50. The Bertz CT molecular complexity index is 652. The first-order valence-corrected chi connectivity index (χ1v) is 7.42. The molecule has 0 bridgehead atoms. The zero-order valence-electron chi connectivity index (χ0n) is 12.2. The van der Waals surface area contributed by atoms with Gasteiger partial charge in [0.05, 0.1) is 10.0 Å². The van der Waals surface area contributed by atoms with Crippen molar-refractivity contribution in [3.05, 3.63) is 40.5 Å². The summed E-state index contributed by atoms with van der Waals surface area (Å²) < 4.78 is 1.61. The molecule has 0 aliphatic rings. The lowest BCUT2D eigenvalue weighted by molar-refractivity contribution is -0.132. The SMILES string of the molecule is CCC(C(=O)N(C)C)n1cc(Cl)c(-c2ccccc2Cl)n1. The highest BCUT2D eigenvalue weighted by atomic mass is 35.5. The predicted molar refractivity (Wildman–Crippen MR) is 85.7 cm³/mol. The topological polar surface area (TPSA) is 38.1 Å². The lowest BCUT2D eigenvalue weighted by Crippen LogP contribution is -2.31. The molecule has 0 aliphatic heterocycles. The summed E-state index contributed by atoms with van der Waals surface area (Å²) in [4.78, 5) is 13.7. The van der Waals surface area contributed by atoms with Gasteiger partial charge in [-0.1, -0.05) is 48.3 Å². The van der Waals surface area contributed by atoms with E-state index in [9.17, 15) is 4.79 Å². The summed E-state index contributed by atoms with van der Waals surface area (Å²) in [5.41, 5.74) is 1.35. The van der Waals surface area contributed by atoms with Crippen molar-refractivity contribution < 1.29 is 4.79 Å². The molecule has 0 aliphatic carbocycles. The summed E-state index contributed by atoms with van der Waals surface area (Å²) in [6.45, 7) is 1.94. The Hall–Kier alpha value is -1.52. The number of carbonyl (C=O) groups is 1. The van der Waals surface area contributed by atoms with Crippen molar-refractivity contribution in [2.24, 2.45) is 0 Å². The molecule has 112 valence electrons. The van der Waals surface area contributed by atoms with Gasteiger partial charge in [0.25, 0.3) is 0 Å². The van der Waals surface area contributed by atoms with Crippen molar-refractivity contribution in [3.63, 3.8) is 0 Å². The number of rotatable bonds is 4. The fourth-order valence-corrected chi connectivity index (χ4v) is 2.60. The van der Waals surface area contributed by atoms with Crippen LogP contribution in [0.2, 0.25) is 10.0 Å². The van der Waals surface area contributed by atoms with Crippen molar-refractivity contribution in [2.45, 2.75) is 19.4 Å². The summed E-state index contributed by atoms with van der Waals surface area (Å²) >= 11 is 12.5. The Kier molecular flexibility index (Phi) is 4.91. The molecule has 2 aromatic rings. The Morgan fingerprint density at radius 1 is 1.29 bits per heavy atom. The van der Waals surface area contributed by atoms with E-state index in [1.165, 1.54) is 0 Å². The molecule has 6 heteroatoms. The van der Waals surface area contributed by atoms with Crippen LogP contribution in [0.3, 0.4) is 0 Å². The summed E-state index contributed by atoms with van der Waals surface area (Å²) in [6, 6.07) is 7.00. The Balaban J connectivity index is 2.44. The van der Waals surface area contributed by atoms with Crippen LogP contribution in [0, 0.1) is 0 Å². The zero-order valence-corrected chi connectivity index (χ0v) is 13.7. The molecule has 1 amide bonds. The van der Waals surface area contributed by atoms with Gasteiger partial charge in [-0.2, -0.15) is 5.10 Å². The molecule has 0 N–H and O–H groups in total. The van der Waals surface area contributed by atoms with Crippen molar-refractivity contribution >= 4 is 29.1 Å². The van der Waals surface area contributed by atoms with Crippen molar-refractivity contribution in [3.8, 4) is 11.3 Å². The average Bonchev–Trinajstić information content (AvgIpc) is 2.81. The number of benzene rings is 1. The molecule has 1 heterocycles. The van der Waals surface area contributed by atoms with E-state index in [4.69, 9.17) is 23.2 Å². The maximum atomic E-state index is 12.2. The lowest BCUT2D eigenvalue weighted by atomic mass is 10.1. The third kappa shape index (κ3) is 3.22. The van der Waals surface area contributed by atoms with Gasteiger partial charge in [-0.15, -0.1) is 0 Å². The molecule has 4 nitrogen and oxygen atoms in total. The van der Waals surface area contributed by atoms with Gasteiger partial charge in [0.15, 0.2) is 0 Å². The van der Waals surface area contributed by atoms with Gasteiger partial charge in [0.1, 0.15) is 11.7 Å². The van der Waals surface area contributed by atoms with Gasteiger partial charge < -0.3 is 4.90 Å². The van der Waals surface area contributed by atoms with Gasteiger partial charge in [-0.25, -0.2) is 0 Å². The Labute approximate surface area is 134 Å². The second-order valence-corrected chi connectivity index (χ2v) is 5.76. The smallest absolute Gasteiger partial charge is 0.246 e. The molecule has 0 saturated carbocycles. The predicted octanol–water partition coefficient (Wildman–Crippen LogP) is 3.90. The number of carbonyl (C=O) groups excluding carboxylic acids is 1. The van der Waals surface area contributed by atoms with E-state index >= 15 is 0 Å². The van der Waals surface area contributed by atoms with Crippen LogP contribution in [0.4, 0.5) is 0 Å². The van der Waals surface area contributed by atoms with Crippen LogP contribution in [-0.4, -0.2) is 34.7 Å². The fraction of sp³-hybridized carbons (Fsp3) is 0.333. The first-order chi connectivity index (χ1) is 9.95. The molecule has 0 saturated heterocycles. The van der Waals surface area contributed by atoms with Crippen LogP contribution >= 0.6 is 23.2 Å². The van der Waals surface area contributed by atoms with Crippen LogP contribution in [-0.2, 0) is 4.79 Å². The summed E-state index contributed by atoms with van der Waals surface area (Å²) in [5, 5.41) is 5.53. The molecule has 1 unspecified atom stereocenters. The van der Waals surface area contributed by atoms with Gasteiger partial charge in [-0.3, -0.25) is 9.48 Å². The minimum Gasteiger partial charge on any atom is -0.347 e. The van der Waals surface area contributed by atoms with Crippen LogP contribution in [0.15, 0.2) is 30.5 Å². The maximum Gasteiger partial charge on any atom is 0.246 e. The third-order valence-corrected chi connectivity index (χ3v) is 3.85. The van der Waals surface area contributed by atoms with Gasteiger partial charge in [0.2, 0.25) is 5.91 Å². The van der Waals surface area contributed by atoms with Crippen LogP contribution < -0.4 is 0 Å². The molecule has 1 aromatic carbocycles. The quantitative estimate of drug-likeness (QED) is 0.855. The van der Waals surface area contributed by atoms with E-state index in [0.717, 1.165) is 5.56 Å². The number of aromatic nitrogens is 2. The molecule has 1 aromatic heterocycles. The third-order valence-electron chi connectivity index (χ3n) is 3.25. The lowest BCUT2D eigenvalue weighted by Gasteiger charge is -2.19. The van der Waals surface area contributed by atoms with E-state index in [0.29, 0.717) is 22.2 Å². The van der Waals surface area contributed by atoms with Crippen LogP contribution in [0.25, 0.3) is 11.3 Å². The molecule has 2 rings (SSSR count). The van der Waals surface area contributed by atoms with E-state index in [2.05, 4.69) is 5.10 Å². The highest BCUT2D eigenvalue weighted by Crippen LogP contribution is 2.32. The molecular formula is C15H17Cl2N3O. The Morgan fingerprint density at radius 3 is 2.52 bits per heavy atom. The number of likely N-dealkylation sites (N-methyl/N-ethyl adjacent to an activating group) is 1. The highest BCUT2D eigenvalue weighted by Gasteiger charge is 2.23. The largest absolute Gasteiger partial charge is 0.347 e. The molecule has 0 spiro atoms. The zero-order chi connectivity index (χ0) is 15.6. The molecule has 1 atom stereocenters. The van der Waals surface area contributed by atoms with Gasteiger partial charge in [-0.05, 0) is 12.5 Å². The van der Waals surface area contributed by atoms with Crippen LogP contribution in [0.1, 0.15) is 19.4 Å². The number of nitrogens with zero attached hydrogens (tertiary/aromatic N) is 3. The van der Waals surface area contributed by atoms with Crippen molar-refractivity contribution in [1.29, 1.82) is 0 Å². The monoisotopic (exact) mass is 325 g/mol. The number of hydrogen-bond acceptors (Lipinski definition) is 2. The van der Waals surface area contributed by atoms with Gasteiger partial charge >= 0.3 is 0 Å². The standard InChI is InChI=1S/C15H17Cl2N3O/c1-4-13(15(21)19(2)3)20-9-12(17)14(18-20)10-7-5-6-8-11(10)16/h5-9,13H,4H2,1-3H3. The maximum absolute atomic E-state index is 12.2. The average molecular weight is 326 g/mol. The number of halogens is 2. The van der Waals surface area contributed by atoms with Crippen LogP contribution in [0.5, 0.6) is 0 Å². The normalized spacial score (nSPS) is 12.2. The second-order valence-electron chi connectivity index (χ2n) is 4.94. The first kappa shape index (κ1) is 15.9. The number of amides is 1. The minimum atomic E-state index is -0.367. The fourth-order valence-electron chi connectivity index (χ4n) is 2.14. The molecule has 21 heavy (non-hydrogen) atoms.